The van der Waals surface area contributed by atoms with Gasteiger partial charge in [-0.1, -0.05) is 61.0 Å². The molecule has 2 aromatic carbocycles. The van der Waals surface area contributed by atoms with Crippen LogP contribution in [0.2, 0.25) is 0 Å². The van der Waals surface area contributed by atoms with Gasteiger partial charge < -0.3 is 10.2 Å². The number of amides is 2. The highest BCUT2D eigenvalue weighted by atomic mass is 16.2. The molecule has 1 saturated heterocycles. The second-order valence-electron chi connectivity index (χ2n) is 9.54. The summed E-state index contributed by atoms with van der Waals surface area (Å²) in [6.45, 7) is 1.22. The lowest BCUT2D eigenvalue weighted by Gasteiger charge is -2.30. The molecule has 1 spiro atoms. The molecule has 0 unspecified atom stereocenters. The van der Waals surface area contributed by atoms with Gasteiger partial charge in [0.1, 0.15) is 0 Å². The highest BCUT2D eigenvalue weighted by molar-refractivity contribution is 5.88. The molecule has 30 heavy (non-hydrogen) atoms. The largest absolute Gasteiger partial charge is 0.359 e. The Morgan fingerprint density at radius 3 is 2.43 bits per heavy atom. The molecule has 4 heteroatoms. The zero-order chi connectivity index (χ0) is 20.8. The quantitative estimate of drug-likeness (QED) is 0.820. The molecule has 0 aromatic heterocycles. The van der Waals surface area contributed by atoms with Gasteiger partial charge in [0.25, 0.3) is 0 Å². The second-order valence-corrected chi connectivity index (χ2v) is 9.54. The predicted octanol–water partition coefficient (Wildman–Crippen LogP) is 4.05. The Balaban J connectivity index is 1.40. The molecule has 2 saturated carbocycles. The average molecular weight is 403 g/mol. The Labute approximate surface area is 178 Å². The van der Waals surface area contributed by atoms with Crippen molar-refractivity contribution in [1.82, 2.24) is 10.2 Å². The predicted molar refractivity (Wildman–Crippen MR) is 118 cm³/mol. The monoisotopic (exact) mass is 402 g/mol. The molecular formula is C26H30N2O2. The number of carbonyl (C=O) groups excluding carboxylic acids is 2. The van der Waals surface area contributed by atoms with E-state index in [2.05, 4.69) is 29.6 Å². The summed E-state index contributed by atoms with van der Waals surface area (Å²) in [5.41, 5.74) is 3.27. The van der Waals surface area contributed by atoms with Gasteiger partial charge in [-0.2, -0.15) is 0 Å². The van der Waals surface area contributed by atoms with E-state index in [0.29, 0.717) is 24.9 Å². The van der Waals surface area contributed by atoms with Crippen LogP contribution >= 0.6 is 0 Å². The topological polar surface area (TPSA) is 49.4 Å². The number of carbonyl (C=O) groups is 2. The standard InChI is InChI=1S/C26H30N2O2/c1-27-24(30)26(14-15-28(18-26)23(29)22-17-25(22)12-7-13-25)16-20-10-5-6-11-21(20)19-8-3-2-4-9-19/h2-6,8-11,22H,7,12-18H2,1H3,(H,27,30)/t22-,26-/m0/s1. The summed E-state index contributed by atoms with van der Waals surface area (Å²) in [7, 11) is 1.71. The Hall–Kier alpha value is -2.62. The molecule has 2 atom stereocenters. The number of likely N-dealkylation sites (tertiary alicyclic amines) is 1. The van der Waals surface area contributed by atoms with Crippen molar-refractivity contribution in [2.24, 2.45) is 16.7 Å². The summed E-state index contributed by atoms with van der Waals surface area (Å²) in [6.07, 6.45) is 6.12. The van der Waals surface area contributed by atoms with Crippen LogP contribution < -0.4 is 5.32 Å². The van der Waals surface area contributed by atoms with Crippen molar-refractivity contribution < 1.29 is 9.59 Å². The van der Waals surface area contributed by atoms with Crippen LogP contribution in [0.25, 0.3) is 11.1 Å². The van der Waals surface area contributed by atoms with Crippen LogP contribution in [0.5, 0.6) is 0 Å². The first-order valence-electron chi connectivity index (χ1n) is 11.2. The molecule has 1 aliphatic heterocycles. The molecule has 3 aliphatic rings. The summed E-state index contributed by atoms with van der Waals surface area (Å²) >= 11 is 0. The lowest BCUT2D eigenvalue weighted by Crippen LogP contribution is -2.44. The van der Waals surface area contributed by atoms with Gasteiger partial charge in [-0.05, 0) is 54.2 Å². The smallest absolute Gasteiger partial charge is 0.228 e. The van der Waals surface area contributed by atoms with Crippen LogP contribution in [0.1, 0.15) is 37.7 Å². The minimum atomic E-state index is -0.559. The molecule has 2 amide bonds. The van der Waals surface area contributed by atoms with Crippen molar-refractivity contribution in [2.45, 2.75) is 38.5 Å². The van der Waals surface area contributed by atoms with Gasteiger partial charge in [-0.3, -0.25) is 9.59 Å². The Bertz CT molecular complexity index is 966. The fourth-order valence-corrected chi connectivity index (χ4v) is 5.77. The lowest BCUT2D eigenvalue weighted by molar-refractivity contribution is -0.134. The number of nitrogens with zero attached hydrogens (tertiary/aromatic N) is 1. The van der Waals surface area contributed by atoms with E-state index < -0.39 is 5.41 Å². The van der Waals surface area contributed by atoms with Crippen LogP contribution in [0.3, 0.4) is 0 Å². The van der Waals surface area contributed by atoms with E-state index in [1.807, 2.05) is 35.2 Å². The number of hydrogen-bond donors (Lipinski definition) is 1. The molecule has 4 nitrogen and oxygen atoms in total. The number of benzene rings is 2. The van der Waals surface area contributed by atoms with Crippen molar-refractivity contribution in [3.05, 3.63) is 60.2 Å². The molecule has 5 rings (SSSR count). The van der Waals surface area contributed by atoms with E-state index in [4.69, 9.17) is 0 Å². The minimum absolute atomic E-state index is 0.0508. The molecular weight excluding hydrogens is 372 g/mol. The van der Waals surface area contributed by atoms with Crippen LogP contribution in [-0.4, -0.2) is 36.9 Å². The van der Waals surface area contributed by atoms with E-state index in [1.54, 1.807) is 7.05 Å². The fourth-order valence-electron chi connectivity index (χ4n) is 5.77. The van der Waals surface area contributed by atoms with Crippen molar-refractivity contribution in [2.75, 3.05) is 20.1 Å². The highest BCUT2D eigenvalue weighted by Gasteiger charge is 2.62. The van der Waals surface area contributed by atoms with Crippen LogP contribution in [0.4, 0.5) is 0 Å². The second kappa shape index (κ2) is 7.26. The van der Waals surface area contributed by atoms with E-state index in [0.717, 1.165) is 18.4 Å². The number of hydrogen-bond acceptors (Lipinski definition) is 2. The van der Waals surface area contributed by atoms with E-state index in [1.165, 1.54) is 30.4 Å². The zero-order valence-corrected chi connectivity index (χ0v) is 17.7. The third kappa shape index (κ3) is 3.13. The van der Waals surface area contributed by atoms with Crippen LogP contribution in [-0.2, 0) is 16.0 Å². The highest BCUT2D eigenvalue weighted by Crippen LogP contribution is 2.66. The fraction of sp³-hybridized carbons (Fsp3) is 0.462. The normalized spacial score (nSPS) is 26.3. The van der Waals surface area contributed by atoms with Gasteiger partial charge in [0.05, 0.1) is 5.41 Å². The van der Waals surface area contributed by atoms with Crippen LogP contribution in [0, 0.1) is 16.7 Å². The minimum Gasteiger partial charge on any atom is -0.359 e. The van der Waals surface area contributed by atoms with Crippen molar-refractivity contribution in [3.63, 3.8) is 0 Å². The van der Waals surface area contributed by atoms with Crippen LogP contribution in [0.15, 0.2) is 54.6 Å². The summed E-state index contributed by atoms with van der Waals surface area (Å²) in [5.74, 6) is 0.551. The molecule has 0 radical (unpaired) electrons. The van der Waals surface area contributed by atoms with E-state index in [-0.39, 0.29) is 17.7 Å². The summed E-state index contributed by atoms with van der Waals surface area (Å²) in [4.78, 5) is 28.2. The molecule has 2 aromatic rings. The maximum Gasteiger partial charge on any atom is 0.228 e. The average Bonchev–Trinajstić information content (AvgIpc) is 3.41. The molecule has 2 aliphatic carbocycles. The number of rotatable bonds is 5. The Kier molecular flexibility index (Phi) is 4.68. The maximum absolute atomic E-state index is 13.1. The lowest BCUT2D eigenvalue weighted by atomic mass is 9.78. The molecule has 1 N–H and O–H groups in total. The maximum atomic E-state index is 13.1. The zero-order valence-electron chi connectivity index (χ0n) is 17.7. The van der Waals surface area contributed by atoms with Gasteiger partial charge in [0, 0.05) is 26.1 Å². The first-order chi connectivity index (χ1) is 14.6. The van der Waals surface area contributed by atoms with Crippen molar-refractivity contribution in [1.29, 1.82) is 0 Å². The third-order valence-electron chi connectivity index (χ3n) is 7.84. The van der Waals surface area contributed by atoms with E-state index in [9.17, 15) is 9.59 Å². The Morgan fingerprint density at radius 2 is 1.77 bits per heavy atom. The van der Waals surface area contributed by atoms with Gasteiger partial charge >= 0.3 is 0 Å². The molecule has 1 heterocycles. The third-order valence-corrected chi connectivity index (χ3v) is 7.84. The summed E-state index contributed by atoms with van der Waals surface area (Å²) in [5, 5.41) is 2.89. The number of nitrogens with one attached hydrogen (secondary N) is 1. The summed E-state index contributed by atoms with van der Waals surface area (Å²) in [6, 6.07) is 18.7. The van der Waals surface area contributed by atoms with Gasteiger partial charge in [0.15, 0.2) is 0 Å². The SMILES string of the molecule is CNC(=O)[C@]1(Cc2ccccc2-c2ccccc2)CCN(C(=O)[C@@H]2CC23CCC3)C1. The van der Waals surface area contributed by atoms with Gasteiger partial charge in [-0.25, -0.2) is 0 Å². The molecule has 156 valence electrons. The van der Waals surface area contributed by atoms with E-state index >= 15 is 0 Å². The molecule has 3 fully saturated rings. The molecule has 0 bridgehead atoms. The first kappa shape index (κ1) is 19.3. The Morgan fingerprint density at radius 1 is 1.03 bits per heavy atom. The van der Waals surface area contributed by atoms with Crippen molar-refractivity contribution in [3.8, 4) is 11.1 Å². The first-order valence-corrected chi connectivity index (χ1v) is 11.2. The summed E-state index contributed by atoms with van der Waals surface area (Å²) < 4.78 is 0. The van der Waals surface area contributed by atoms with Crippen molar-refractivity contribution >= 4 is 11.8 Å². The van der Waals surface area contributed by atoms with Gasteiger partial charge in [-0.15, -0.1) is 0 Å². The van der Waals surface area contributed by atoms with Gasteiger partial charge in [0.2, 0.25) is 11.8 Å².